The van der Waals surface area contributed by atoms with Crippen LogP contribution in [0.5, 0.6) is 0 Å². The maximum Gasteiger partial charge on any atom is 0.234 e. The second-order valence-corrected chi connectivity index (χ2v) is 6.34. The Bertz CT molecular complexity index is 516. The van der Waals surface area contributed by atoms with Crippen molar-refractivity contribution in [1.82, 2.24) is 15.1 Å². The van der Waals surface area contributed by atoms with Gasteiger partial charge in [0.1, 0.15) is 5.82 Å². The van der Waals surface area contributed by atoms with E-state index in [1.807, 2.05) is 13.8 Å². The third-order valence-electron chi connectivity index (χ3n) is 3.98. The molecular formula is C17H26FN3O2. The number of carbonyl (C=O) groups is 1. The summed E-state index contributed by atoms with van der Waals surface area (Å²) in [5, 5.41) is 13.1. The van der Waals surface area contributed by atoms with Crippen molar-refractivity contribution in [3.05, 3.63) is 35.6 Å². The van der Waals surface area contributed by atoms with Gasteiger partial charge in [0.25, 0.3) is 0 Å². The molecule has 0 saturated carbocycles. The maximum absolute atomic E-state index is 13.7. The van der Waals surface area contributed by atoms with Crippen LogP contribution < -0.4 is 5.32 Å². The summed E-state index contributed by atoms with van der Waals surface area (Å²) in [5.74, 6) is -0.330. The standard InChI is InChI=1S/C17H26FN3O2/c1-13(2)19-17(23)12-21-9-7-20(8-10-21)11-16(22)14-5-3-4-6-15(14)18/h3-6,13,16,22H,7-12H2,1-2H3,(H,19,23). The van der Waals surface area contributed by atoms with Crippen LogP contribution in [-0.4, -0.2) is 66.1 Å². The molecule has 0 aromatic heterocycles. The Morgan fingerprint density at radius 3 is 2.43 bits per heavy atom. The minimum absolute atomic E-state index is 0.0415. The normalized spacial score (nSPS) is 18.1. The molecule has 2 N–H and O–H groups in total. The predicted molar refractivity (Wildman–Crippen MR) is 87.5 cm³/mol. The van der Waals surface area contributed by atoms with Crippen LogP contribution >= 0.6 is 0 Å². The van der Waals surface area contributed by atoms with Gasteiger partial charge in [0.05, 0.1) is 12.6 Å². The molecule has 0 aliphatic carbocycles. The summed E-state index contributed by atoms with van der Waals surface area (Å²) in [6.07, 6.45) is -0.827. The summed E-state index contributed by atoms with van der Waals surface area (Å²) >= 11 is 0. The molecule has 0 bridgehead atoms. The zero-order valence-corrected chi connectivity index (χ0v) is 13.8. The van der Waals surface area contributed by atoms with E-state index < -0.39 is 6.10 Å². The molecule has 1 aromatic rings. The Morgan fingerprint density at radius 2 is 1.83 bits per heavy atom. The molecular weight excluding hydrogens is 297 g/mol. The Hall–Kier alpha value is -1.50. The third kappa shape index (κ3) is 5.57. The number of rotatable bonds is 6. The van der Waals surface area contributed by atoms with Gasteiger partial charge in [0.15, 0.2) is 0 Å². The first-order chi connectivity index (χ1) is 11.0. The van der Waals surface area contributed by atoms with Crippen LogP contribution in [-0.2, 0) is 4.79 Å². The van der Waals surface area contributed by atoms with Crippen molar-refractivity contribution in [1.29, 1.82) is 0 Å². The van der Waals surface area contributed by atoms with Gasteiger partial charge in [0, 0.05) is 44.3 Å². The highest BCUT2D eigenvalue weighted by Crippen LogP contribution is 2.18. The number of β-amino-alcohol motifs (C(OH)–C–C–N with tert-alkyl or cyclic N) is 1. The van der Waals surface area contributed by atoms with Gasteiger partial charge in [0.2, 0.25) is 5.91 Å². The molecule has 5 nitrogen and oxygen atoms in total. The minimum atomic E-state index is -0.827. The highest BCUT2D eigenvalue weighted by molar-refractivity contribution is 5.78. The topological polar surface area (TPSA) is 55.8 Å². The third-order valence-corrected chi connectivity index (χ3v) is 3.98. The monoisotopic (exact) mass is 323 g/mol. The number of aliphatic hydroxyl groups excluding tert-OH is 1. The number of benzene rings is 1. The molecule has 0 radical (unpaired) electrons. The van der Waals surface area contributed by atoms with Crippen LogP contribution in [0.4, 0.5) is 4.39 Å². The van der Waals surface area contributed by atoms with Gasteiger partial charge in [-0.25, -0.2) is 4.39 Å². The van der Waals surface area contributed by atoms with E-state index in [4.69, 9.17) is 0 Å². The molecule has 1 heterocycles. The van der Waals surface area contributed by atoms with Crippen molar-refractivity contribution in [3.63, 3.8) is 0 Å². The van der Waals surface area contributed by atoms with Crippen molar-refractivity contribution < 1.29 is 14.3 Å². The van der Waals surface area contributed by atoms with E-state index in [1.54, 1.807) is 18.2 Å². The van der Waals surface area contributed by atoms with Crippen LogP contribution in [0.3, 0.4) is 0 Å². The van der Waals surface area contributed by atoms with E-state index in [1.165, 1.54) is 6.07 Å². The van der Waals surface area contributed by atoms with Crippen LogP contribution in [0.2, 0.25) is 0 Å². The fourth-order valence-electron chi connectivity index (χ4n) is 2.79. The van der Waals surface area contributed by atoms with Crippen molar-refractivity contribution in [2.75, 3.05) is 39.3 Å². The molecule has 1 atom stereocenters. The lowest BCUT2D eigenvalue weighted by atomic mass is 10.1. The van der Waals surface area contributed by atoms with Crippen LogP contribution in [0.15, 0.2) is 24.3 Å². The molecule has 1 amide bonds. The number of hydrogen-bond acceptors (Lipinski definition) is 4. The zero-order chi connectivity index (χ0) is 16.8. The lowest BCUT2D eigenvalue weighted by Crippen LogP contribution is -2.50. The summed E-state index contributed by atoms with van der Waals surface area (Å²) in [7, 11) is 0. The van der Waals surface area contributed by atoms with Crippen LogP contribution in [0.25, 0.3) is 0 Å². The average Bonchev–Trinajstić information content (AvgIpc) is 2.48. The number of halogens is 1. The smallest absolute Gasteiger partial charge is 0.234 e. The van der Waals surface area contributed by atoms with E-state index in [0.717, 1.165) is 26.2 Å². The number of piperazine rings is 1. The van der Waals surface area contributed by atoms with Gasteiger partial charge in [-0.1, -0.05) is 18.2 Å². The molecule has 1 fully saturated rings. The second kappa shape index (κ2) is 8.38. The van der Waals surface area contributed by atoms with Gasteiger partial charge in [-0.3, -0.25) is 14.6 Å². The van der Waals surface area contributed by atoms with E-state index >= 15 is 0 Å². The Kier molecular flexibility index (Phi) is 6.50. The van der Waals surface area contributed by atoms with Crippen molar-refractivity contribution >= 4 is 5.91 Å². The maximum atomic E-state index is 13.7. The molecule has 1 aromatic carbocycles. The SMILES string of the molecule is CC(C)NC(=O)CN1CCN(CC(O)c2ccccc2F)CC1. The van der Waals surface area contributed by atoms with Gasteiger partial charge in [-0.15, -0.1) is 0 Å². The first-order valence-electron chi connectivity index (χ1n) is 8.12. The van der Waals surface area contributed by atoms with Crippen molar-refractivity contribution in [2.24, 2.45) is 0 Å². The van der Waals surface area contributed by atoms with Gasteiger partial charge in [-0.05, 0) is 19.9 Å². The summed E-state index contributed by atoms with van der Waals surface area (Å²) < 4.78 is 13.7. The average molecular weight is 323 g/mol. The number of nitrogens with zero attached hydrogens (tertiary/aromatic N) is 2. The summed E-state index contributed by atoms with van der Waals surface area (Å²) in [6, 6.07) is 6.48. The van der Waals surface area contributed by atoms with Gasteiger partial charge >= 0.3 is 0 Å². The minimum Gasteiger partial charge on any atom is -0.387 e. The van der Waals surface area contributed by atoms with Gasteiger partial charge in [-0.2, -0.15) is 0 Å². The zero-order valence-electron chi connectivity index (χ0n) is 13.8. The first-order valence-corrected chi connectivity index (χ1v) is 8.12. The molecule has 1 unspecified atom stereocenters. The van der Waals surface area contributed by atoms with E-state index in [-0.39, 0.29) is 17.8 Å². The number of nitrogens with one attached hydrogen (secondary N) is 1. The predicted octanol–water partition coefficient (Wildman–Crippen LogP) is 1.00. The number of aliphatic hydroxyl groups is 1. The number of hydrogen-bond donors (Lipinski definition) is 2. The first kappa shape index (κ1) is 17.8. The van der Waals surface area contributed by atoms with Crippen LogP contribution in [0.1, 0.15) is 25.5 Å². The molecule has 1 aliphatic heterocycles. The van der Waals surface area contributed by atoms with E-state index in [9.17, 15) is 14.3 Å². The molecule has 1 saturated heterocycles. The molecule has 0 spiro atoms. The molecule has 6 heteroatoms. The summed E-state index contributed by atoms with van der Waals surface area (Å²) in [5.41, 5.74) is 0.339. The van der Waals surface area contributed by atoms with Gasteiger partial charge < -0.3 is 10.4 Å². The van der Waals surface area contributed by atoms with Crippen molar-refractivity contribution in [2.45, 2.75) is 26.0 Å². The highest BCUT2D eigenvalue weighted by atomic mass is 19.1. The lowest BCUT2D eigenvalue weighted by molar-refractivity contribution is -0.123. The van der Waals surface area contributed by atoms with E-state index in [2.05, 4.69) is 15.1 Å². The van der Waals surface area contributed by atoms with E-state index in [0.29, 0.717) is 18.7 Å². The quantitative estimate of drug-likeness (QED) is 0.820. The molecule has 128 valence electrons. The van der Waals surface area contributed by atoms with Crippen LogP contribution in [0, 0.1) is 5.82 Å². The lowest BCUT2D eigenvalue weighted by Gasteiger charge is -2.35. The number of carbonyl (C=O) groups excluding carboxylic acids is 1. The Labute approximate surface area is 137 Å². The number of amides is 1. The molecule has 1 aliphatic rings. The second-order valence-electron chi connectivity index (χ2n) is 6.34. The summed E-state index contributed by atoms with van der Waals surface area (Å²) in [4.78, 5) is 16.0. The van der Waals surface area contributed by atoms with Crippen molar-refractivity contribution in [3.8, 4) is 0 Å². The largest absolute Gasteiger partial charge is 0.387 e. The molecule has 2 rings (SSSR count). The highest BCUT2D eigenvalue weighted by Gasteiger charge is 2.22. The Morgan fingerprint density at radius 1 is 1.22 bits per heavy atom. The molecule has 23 heavy (non-hydrogen) atoms. The Balaban J connectivity index is 1.76. The summed E-state index contributed by atoms with van der Waals surface area (Å²) in [6.45, 7) is 7.78. The fourth-order valence-corrected chi connectivity index (χ4v) is 2.79. The fraction of sp³-hybridized carbons (Fsp3) is 0.588.